The summed E-state index contributed by atoms with van der Waals surface area (Å²) in [6.45, 7) is 2.52. The Morgan fingerprint density at radius 3 is 2.82 bits per heavy atom. The van der Waals surface area contributed by atoms with Gasteiger partial charge in [0.1, 0.15) is 5.82 Å². The molecule has 1 rings (SSSR count). The van der Waals surface area contributed by atoms with E-state index in [4.69, 9.17) is 14.6 Å². The molecule has 1 aromatic carbocycles. The molecular weight excluding hydrogens is 227 g/mol. The Hall–Kier alpha value is -1.46. The molecule has 5 heteroatoms. The standard InChI is InChI=1S/C12H15FO4/c1-8(6-16-2)17-7-9-3-4-11(13)10(5-9)12(14)15/h3-5,8H,6-7H2,1-2H3,(H,14,15). The maximum absolute atomic E-state index is 13.1. The third-order valence-electron chi connectivity index (χ3n) is 2.20. The van der Waals surface area contributed by atoms with Gasteiger partial charge in [-0.3, -0.25) is 0 Å². The van der Waals surface area contributed by atoms with Crippen LogP contribution in [0.4, 0.5) is 4.39 Å². The minimum Gasteiger partial charge on any atom is -0.478 e. The number of carboxylic acid groups (broad SMARTS) is 1. The van der Waals surface area contributed by atoms with Gasteiger partial charge < -0.3 is 14.6 Å². The normalized spacial score (nSPS) is 12.4. The van der Waals surface area contributed by atoms with Crippen LogP contribution in [-0.2, 0) is 16.1 Å². The number of carbonyl (C=O) groups is 1. The van der Waals surface area contributed by atoms with Crippen LogP contribution in [0.1, 0.15) is 22.8 Å². The SMILES string of the molecule is COCC(C)OCc1ccc(F)c(C(=O)O)c1. The second-order valence-electron chi connectivity index (χ2n) is 3.70. The van der Waals surface area contributed by atoms with E-state index in [9.17, 15) is 9.18 Å². The molecule has 0 saturated carbocycles. The molecule has 0 amide bonds. The highest BCUT2D eigenvalue weighted by Gasteiger charge is 2.11. The summed E-state index contributed by atoms with van der Waals surface area (Å²) < 4.78 is 23.4. The molecule has 0 saturated heterocycles. The lowest BCUT2D eigenvalue weighted by molar-refractivity contribution is -0.000166. The topological polar surface area (TPSA) is 55.8 Å². The Labute approximate surface area is 99.0 Å². The predicted molar refractivity (Wildman–Crippen MR) is 59.5 cm³/mol. The fourth-order valence-electron chi connectivity index (χ4n) is 1.35. The zero-order valence-corrected chi connectivity index (χ0v) is 9.77. The van der Waals surface area contributed by atoms with Gasteiger partial charge in [0.25, 0.3) is 0 Å². The lowest BCUT2D eigenvalue weighted by atomic mass is 10.1. The van der Waals surface area contributed by atoms with Crippen LogP contribution in [-0.4, -0.2) is 30.9 Å². The summed E-state index contributed by atoms with van der Waals surface area (Å²) in [5.41, 5.74) is 0.275. The maximum Gasteiger partial charge on any atom is 0.338 e. The number of hydrogen-bond donors (Lipinski definition) is 1. The van der Waals surface area contributed by atoms with Gasteiger partial charge in [0.15, 0.2) is 0 Å². The largest absolute Gasteiger partial charge is 0.478 e. The van der Waals surface area contributed by atoms with E-state index in [2.05, 4.69) is 0 Å². The molecule has 0 aliphatic rings. The summed E-state index contributed by atoms with van der Waals surface area (Å²) in [5.74, 6) is -2.03. The fourth-order valence-corrected chi connectivity index (χ4v) is 1.35. The van der Waals surface area contributed by atoms with Crippen molar-refractivity contribution in [3.63, 3.8) is 0 Å². The van der Waals surface area contributed by atoms with Crippen LogP contribution in [0.25, 0.3) is 0 Å². The van der Waals surface area contributed by atoms with Crippen molar-refractivity contribution in [2.75, 3.05) is 13.7 Å². The Morgan fingerprint density at radius 1 is 1.53 bits per heavy atom. The first-order valence-corrected chi connectivity index (χ1v) is 5.17. The number of carboxylic acids is 1. The van der Waals surface area contributed by atoms with Crippen molar-refractivity contribution in [1.29, 1.82) is 0 Å². The number of rotatable bonds is 6. The summed E-state index contributed by atoms with van der Waals surface area (Å²) in [4.78, 5) is 10.7. The van der Waals surface area contributed by atoms with E-state index < -0.39 is 11.8 Å². The second kappa shape index (κ2) is 6.32. The van der Waals surface area contributed by atoms with Crippen molar-refractivity contribution >= 4 is 5.97 Å². The van der Waals surface area contributed by atoms with Gasteiger partial charge in [-0.25, -0.2) is 9.18 Å². The number of methoxy groups -OCH3 is 1. The van der Waals surface area contributed by atoms with Crippen LogP contribution in [0, 0.1) is 5.82 Å². The Morgan fingerprint density at radius 2 is 2.24 bits per heavy atom. The molecule has 4 nitrogen and oxygen atoms in total. The highest BCUT2D eigenvalue weighted by atomic mass is 19.1. The van der Waals surface area contributed by atoms with Crippen molar-refractivity contribution < 1.29 is 23.8 Å². The minimum absolute atomic E-state index is 0.0988. The predicted octanol–water partition coefficient (Wildman–Crippen LogP) is 2.08. The fraction of sp³-hybridized carbons (Fsp3) is 0.417. The lowest BCUT2D eigenvalue weighted by Gasteiger charge is -2.12. The van der Waals surface area contributed by atoms with Crippen LogP contribution in [0.2, 0.25) is 0 Å². The van der Waals surface area contributed by atoms with Crippen molar-refractivity contribution in [2.24, 2.45) is 0 Å². The van der Waals surface area contributed by atoms with Gasteiger partial charge in [0.05, 0.1) is 24.9 Å². The molecule has 0 heterocycles. The van der Waals surface area contributed by atoms with Crippen LogP contribution < -0.4 is 0 Å². The molecule has 0 bridgehead atoms. The average molecular weight is 242 g/mol. The van der Waals surface area contributed by atoms with Crippen LogP contribution in [0.3, 0.4) is 0 Å². The number of halogens is 1. The molecule has 0 fully saturated rings. The molecule has 1 unspecified atom stereocenters. The highest BCUT2D eigenvalue weighted by Crippen LogP contribution is 2.12. The zero-order valence-electron chi connectivity index (χ0n) is 9.77. The molecule has 1 aromatic rings. The Bertz CT molecular complexity index is 392. The van der Waals surface area contributed by atoms with Gasteiger partial charge in [-0.1, -0.05) is 6.07 Å². The van der Waals surface area contributed by atoms with E-state index in [0.717, 1.165) is 6.07 Å². The van der Waals surface area contributed by atoms with E-state index in [1.54, 1.807) is 7.11 Å². The van der Waals surface area contributed by atoms with Crippen LogP contribution in [0.15, 0.2) is 18.2 Å². The molecule has 0 radical (unpaired) electrons. The van der Waals surface area contributed by atoms with Crippen molar-refractivity contribution in [1.82, 2.24) is 0 Å². The molecule has 1 N–H and O–H groups in total. The summed E-state index contributed by atoms with van der Waals surface area (Å²) in [7, 11) is 1.57. The van der Waals surface area contributed by atoms with Gasteiger partial charge in [0, 0.05) is 7.11 Å². The first-order valence-electron chi connectivity index (χ1n) is 5.17. The molecule has 0 aliphatic heterocycles. The van der Waals surface area contributed by atoms with Gasteiger partial charge >= 0.3 is 5.97 Å². The second-order valence-corrected chi connectivity index (χ2v) is 3.70. The first-order chi connectivity index (χ1) is 8.04. The average Bonchev–Trinajstić information content (AvgIpc) is 2.28. The smallest absolute Gasteiger partial charge is 0.338 e. The summed E-state index contributed by atoms with van der Waals surface area (Å²) in [6, 6.07) is 3.90. The van der Waals surface area contributed by atoms with Gasteiger partial charge in [-0.2, -0.15) is 0 Å². The summed E-state index contributed by atoms with van der Waals surface area (Å²) >= 11 is 0. The van der Waals surface area contributed by atoms with E-state index in [1.165, 1.54) is 12.1 Å². The number of hydrogen-bond acceptors (Lipinski definition) is 3. The highest BCUT2D eigenvalue weighted by molar-refractivity contribution is 5.88. The molecule has 0 spiro atoms. The molecule has 0 aliphatic carbocycles. The van der Waals surface area contributed by atoms with E-state index in [1.807, 2.05) is 6.92 Å². The Balaban J connectivity index is 2.66. The number of aromatic carboxylic acids is 1. The van der Waals surface area contributed by atoms with Crippen molar-refractivity contribution in [3.8, 4) is 0 Å². The first kappa shape index (κ1) is 13.6. The van der Waals surface area contributed by atoms with Gasteiger partial charge in [0.2, 0.25) is 0 Å². The summed E-state index contributed by atoms with van der Waals surface area (Å²) in [6.07, 6.45) is -0.0988. The molecule has 17 heavy (non-hydrogen) atoms. The number of benzene rings is 1. The van der Waals surface area contributed by atoms with E-state index in [0.29, 0.717) is 12.2 Å². The van der Waals surface area contributed by atoms with Crippen LogP contribution >= 0.6 is 0 Å². The quantitative estimate of drug-likeness (QED) is 0.829. The van der Waals surface area contributed by atoms with E-state index in [-0.39, 0.29) is 18.3 Å². The maximum atomic E-state index is 13.1. The minimum atomic E-state index is -1.28. The molecule has 0 aromatic heterocycles. The molecule has 94 valence electrons. The molecular formula is C12H15FO4. The van der Waals surface area contributed by atoms with Crippen molar-refractivity contribution in [2.45, 2.75) is 19.6 Å². The van der Waals surface area contributed by atoms with Crippen LogP contribution in [0.5, 0.6) is 0 Å². The lowest BCUT2D eigenvalue weighted by Crippen LogP contribution is -2.14. The van der Waals surface area contributed by atoms with Crippen molar-refractivity contribution in [3.05, 3.63) is 35.1 Å². The number of ether oxygens (including phenoxy) is 2. The molecule has 1 atom stereocenters. The van der Waals surface area contributed by atoms with Gasteiger partial charge in [-0.05, 0) is 24.6 Å². The summed E-state index contributed by atoms with van der Waals surface area (Å²) in [5, 5.41) is 8.75. The monoisotopic (exact) mass is 242 g/mol. The van der Waals surface area contributed by atoms with E-state index >= 15 is 0 Å². The Kier molecular flexibility index (Phi) is 5.06. The zero-order chi connectivity index (χ0) is 12.8. The third-order valence-corrected chi connectivity index (χ3v) is 2.20. The third kappa shape index (κ3) is 4.13. The van der Waals surface area contributed by atoms with Gasteiger partial charge in [-0.15, -0.1) is 0 Å².